The van der Waals surface area contributed by atoms with E-state index >= 15 is 0 Å². The lowest BCUT2D eigenvalue weighted by Crippen LogP contribution is -2.30. The topological polar surface area (TPSA) is 78.9 Å². The molecule has 0 saturated heterocycles. The molecule has 0 spiro atoms. The van der Waals surface area contributed by atoms with Crippen molar-refractivity contribution in [3.63, 3.8) is 0 Å². The molecule has 0 aromatic rings. The Hall–Kier alpha value is -4.97. The summed E-state index contributed by atoms with van der Waals surface area (Å²) in [4.78, 5) is 38.3. The maximum Gasteiger partial charge on any atom is 0.306 e. The van der Waals surface area contributed by atoms with Gasteiger partial charge in [-0.15, -0.1) is 0 Å². The molecular weight excluding hydrogens is 997 g/mol. The van der Waals surface area contributed by atoms with Crippen LogP contribution in [-0.2, 0) is 28.6 Å². The molecule has 6 heteroatoms. The first-order valence-corrected chi connectivity index (χ1v) is 33.0. The van der Waals surface area contributed by atoms with Crippen LogP contribution in [0.2, 0.25) is 0 Å². The minimum absolute atomic E-state index is 0.110. The van der Waals surface area contributed by atoms with E-state index in [9.17, 15) is 14.4 Å². The van der Waals surface area contributed by atoms with Gasteiger partial charge >= 0.3 is 17.9 Å². The van der Waals surface area contributed by atoms with E-state index in [4.69, 9.17) is 14.2 Å². The molecule has 1 unspecified atom stereocenters. The lowest BCUT2D eigenvalue weighted by Gasteiger charge is -2.18. The Labute approximate surface area is 499 Å². The highest BCUT2D eigenvalue weighted by Gasteiger charge is 2.19. The highest BCUT2D eigenvalue weighted by Crippen LogP contribution is 2.15. The van der Waals surface area contributed by atoms with Crippen LogP contribution in [0.25, 0.3) is 0 Å². The van der Waals surface area contributed by atoms with Crippen molar-refractivity contribution in [1.82, 2.24) is 0 Å². The minimum atomic E-state index is -0.819. The summed E-state index contributed by atoms with van der Waals surface area (Å²) in [6.45, 7) is 6.31. The molecule has 0 fully saturated rings. The third kappa shape index (κ3) is 65.7. The summed E-state index contributed by atoms with van der Waals surface area (Å²) in [7, 11) is 0. The Morgan fingerprint density at radius 2 is 0.506 bits per heavy atom. The molecule has 6 nitrogen and oxygen atoms in total. The molecule has 0 N–H and O–H groups in total. The normalized spacial score (nSPS) is 13.2. The molecule has 81 heavy (non-hydrogen) atoms. The largest absolute Gasteiger partial charge is 0.462 e. The van der Waals surface area contributed by atoms with Gasteiger partial charge in [0.2, 0.25) is 0 Å². The van der Waals surface area contributed by atoms with Gasteiger partial charge in [-0.1, -0.05) is 281 Å². The number of allylic oxidation sites excluding steroid dienone is 26. The summed E-state index contributed by atoms with van der Waals surface area (Å²) in [5.41, 5.74) is 0. The van der Waals surface area contributed by atoms with E-state index in [-0.39, 0.29) is 37.5 Å². The average molecular weight is 1120 g/mol. The molecule has 456 valence electrons. The van der Waals surface area contributed by atoms with E-state index in [0.29, 0.717) is 19.3 Å². The van der Waals surface area contributed by atoms with Crippen LogP contribution >= 0.6 is 0 Å². The highest BCUT2D eigenvalue weighted by atomic mass is 16.6. The maximum atomic E-state index is 12.9. The maximum absolute atomic E-state index is 12.9. The van der Waals surface area contributed by atoms with Crippen molar-refractivity contribution in [2.75, 3.05) is 13.2 Å². The van der Waals surface area contributed by atoms with Gasteiger partial charge in [-0.05, 0) is 135 Å². The number of rotatable bonds is 58. The van der Waals surface area contributed by atoms with Crippen molar-refractivity contribution in [3.05, 3.63) is 158 Å². The fourth-order valence-electron chi connectivity index (χ4n) is 8.64. The molecule has 0 saturated carbocycles. The Balaban J connectivity index is 4.30. The number of hydrogen-bond acceptors (Lipinski definition) is 6. The molecule has 0 bridgehead atoms. The number of ether oxygens (including phenoxy) is 3. The van der Waals surface area contributed by atoms with Crippen molar-refractivity contribution in [1.29, 1.82) is 0 Å². The molecule has 0 radical (unpaired) electrons. The highest BCUT2D eigenvalue weighted by molar-refractivity contribution is 5.71. The average Bonchev–Trinajstić information content (AvgIpc) is 3.46. The number of unbranched alkanes of at least 4 members (excludes halogenated alkanes) is 21. The van der Waals surface area contributed by atoms with E-state index in [0.717, 1.165) is 122 Å². The van der Waals surface area contributed by atoms with Gasteiger partial charge < -0.3 is 14.2 Å². The van der Waals surface area contributed by atoms with Crippen LogP contribution in [-0.4, -0.2) is 37.2 Å². The first-order chi connectivity index (χ1) is 40.0. The van der Waals surface area contributed by atoms with Gasteiger partial charge in [-0.3, -0.25) is 14.4 Å². The van der Waals surface area contributed by atoms with Gasteiger partial charge in [0.15, 0.2) is 6.10 Å². The van der Waals surface area contributed by atoms with Gasteiger partial charge in [0, 0.05) is 19.3 Å². The summed E-state index contributed by atoms with van der Waals surface area (Å²) in [6.07, 6.45) is 98.4. The van der Waals surface area contributed by atoms with Crippen LogP contribution < -0.4 is 0 Å². The van der Waals surface area contributed by atoms with E-state index in [1.54, 1.807) is 0 Å². The quantitative estimate of drug-likeness (QED) is 0.0261. The smallest absolute Gasteiger partial charge is 0.306 e. The second kappa shape index (κ2) is 67.5. The predicted octanol–water partition coefficient (Wildman–Crippen LogP) is 22.9. The van der Waals surface area contributed by atoms with E-state index < -0.39 is 6.10 Å². The monoisotopic (exact) mass is 1120 g/mol. The third-order valence-corrected chi connectivity index (χ3v) is 13.5. The number of esters is 3. The van der Waals surface area contributed by atoms with Gasteiger partial charge in [0.05, 0.1) is 0 Å². The number of hydrogen-bond donors (Lipinski definition) is 0. The number of carbonyl (C=O) groups is 3. The molecule has 0 aliphatic heterocycles. The summed E-state index contributed by atoms with van der Waals surface area (Å²) in [5.74, 6) is -1.01. The lowest BCUT2D eigenvalue weighted by atomic mass is 10.0. The van der Waals surface area contributed by atoms with Gasteiger partial charge in [-0.25, -0.2) is 0 Å². The zero-order valence-electron chi connectivity index (χ0n) is 52.2. The van der Waals surface area contributed by atoms with Crippen LogP contribution in [0.15, 0.2) is 158 Å². The second-order valence-corrected chi connectivity index (χ2v) is 21.3. The molecule has 0 aliphatic carbocycles. The number of carbonyl (C=O) groups excluding carboxylic acids is 3. The summed E-state index contributed by atoms with van der Waals surface area (Å²) >= 11 is 0. The van der Waals surface area contributed by atoms with Crippen molar-refractivity contribution < 1.29 is 28.6 Å². The second-order valence-electron chi connectivity index (χ2n) is 21.3. The molecule has 0 aromatic carbocycles. The Bertz CT molecular complexity index is 1810. The zero-order valence-corrected chi connectivity index (χ0v) is 52.2. The third-order valence-electron chi connectivity index (χ3n) is 13.5. The molecule has 0 heterocycles. The first-order valence-electron chi connectivity index (χ1n) is 33.0. The first kappa shape index (κ1) is 76.0. The minimum Gasteiger partial charge on any atom is -0.462 e. The van der Waals surface area contributed by atoms with Crippen molar-refractivity contribution in [2.45, 2.75) is 284 Å². The summed E-state index contributed by atoms with van der Waals surface area (Å²) in [5, 5.41) is 0. The van der Waals surface area contributed by atoms with Crippen molar-refractivity contribution in [3.8, 4) is 0 Å². The zero-order chi connectivity index (χ0) is 58.5. The van der Waals surface area contributed by atoms with Crippen molar-refractivity contribution >= 4 is 17.9 Å². The van der Waals surface area contributed by atoms with Crippen LogP contribution in [0, 0.1) is 0 Å². The lowest BCUT2D eigenvalue weighted by molar-refractivity contribution is -0.166. The van der Waals surface area contributed by atoms with Crippen LogP contribution in [0.4, 0.5) is 0 Å². The Kier molecular flexibility index (Phi) is 63.4. The van der Waals surface area contributed by atoms with Gasteiger partial charge in [0.25, 0.3) is 0 Å². The predicted molar refractivity (Wildman–Crippen MR) is 352 cm³/mol. The summed E-state index contributed by atoms with van der Waals surface area (Å²) in [6, 6.07) is 0. The fourth-order valence-corrected chi connectivity index (χ4v) is 8.64. The standard InChI is InChI=1S/C75H120O6/c1-4-7-10-13-16-19-22-25-27-29-30-31-32-33-34-35-36-37-38-39-40-41-42-43-44-46-47-50-53-56-59-62-65-68-74(77)80-71-72(70-79-73(76)67-64-61-58-55-52-49-24-21-18-15-12-9-6-3)81-75(78)69-66-63-60-57-54-51-48-45-28-26-23-20-17-14-11-8-5-2/h7,9-10,12,16-21,25-28,30-31,33-34,36-37,39-40,49,52,58,61,72H,4-6,8,11,13-15,22-24,29,32,35,38,41-48,50-51,53-57,59-60,62-71H2,1-3H3/b10-7-,12-9-,19-16-,20-17-,21-18-,27-25-,28-26-,31-30-,34-33-,37-36-,40-39-,52-49-,61-58-. The molecule has 0 aliphatic rings. The van der Waals surface area contributed by atoms with Crippen LogP contribution in [0.1, 0.15) is 278 Å². The van der Waals surface area contributed by atoms with Crippen LogP contribution in [0.5, 0.6) is 0 Å². The SMILES string of the molecule is CC/C=C\C/C=C\C/C=C\C/C=C\C/C=C\C/C=C\C/C=C\CCCCCCCCCCCCCC(=O)OCC(COC(=O)CC/C=C\C/C=C\C/C=C\C/C=C\CC)OC(=O)CCCCCCCCC/C=C\C/C=C\CCCCC. The Morgan fingerprint density at radius 3 is 0.827 bits per heavy atom. The summed E-state index contributed by atoms with van der Waals surface area (Å²) < 4.78 is 16.8. The van der Waals surface area contributed by atoms with Gasteiger partial charge in [-0.2, -0.15) is 0 Å². The van der Waals surface area contributed by atoms with E-state index in [1.165, 1.54) is 109 Å². The van der Waals surface area contributed by atoms with Crippen LogP contribution in [0.3, 0.4) is 0 Å². The van der Waals surface area contributed by atoms with E-state index in [2.05, 4.69) is 173 Å². The molecule has 0 amide bonds. The fraction of sp³-hybridized carbons (Fsp3) is 0.613. The molecule has 1 atom stereocenters. The van der Waals surface area contributed by atoms with Crippen molar-refractivity contribution in [2.24, 2.45) is 0 Å². The van der Waals surface area contributed by atoms with E-state index in [1.807, 2.05) is 6.08 Å². The molecule has 0 aromatic heterocycles. The Morgan fingerprint density at radius 1 is 0.259 bits per heavy atom. The van der Waals surface area contributed by atoms with Gasteiger partial charge in [0.1, 0.15) is 13.2 Å². The molecule has 0 rings (SSSR count). The molecular formula is C75H120O6.